The van der Waals surface area contributed by atoms with Crippen LogP contribution in [0, 0.1) is 0 Å². The number of nitrogens with two attached hydrogens (primary N) is 2. The number of hydrogen-bond acceptors (Lipinski definition) is 8. The van der Waals surface area contributed by atoms with E-state index >= 15 is 0 Å². The third-order valence-electron chi connectivity index (χ3n) is 6.87. The number of carbonyl (C=O) groups is 1. The molecule has 1 aliphatic rings. The molecule has 4 aromatic rings. The van der Waals surface area contributed by atoms with E-state index in [4.69, 9.17) is 16.2 Å². The topological polar surface area (TPSA) is 141 Å². The number of anilines is 3. The van der Waals surface area contributed by atoms with Gasteiger partial charge in [-0.1, -0.05) is 24.3 Å². The van der Waals surface area contributed by atoms with Crippen molar-refractivity contribution in [2.45, 2.75) is 18.8 Å². The van der Waals surface area contributed by atoms with Crippen LogP contribution in [0.5, 0.6) is 5.75 Å². The lowest BCUT2D eigenvalue weighted by Crippen LogP contribution is -2.29. The fourth-order valence-electron chi connectivity index (χ4n) is 4.84. The van der Waals surface area contributed by atoms with E-state index in [2.05, 4.69) is 39.4 Å². The predicted octanol–water partition coefficient (Wildman–Crippen LogP) is 3.45. The largest absolute Gasteiger partial charge is 0.495 e. The minimum atomic E-state index is -0.911. The van der Waals surface area contributed by atoms with Gasteiger partial charge < -0.3 is 26.4 Å². The second-order valence-electron chi connectivity index (χ2n) is 9.22. The number of primary amides is 1. The fourth-order valence-corrected chi connectivity index (χ4v) is 4.84. The van der Waals surface area contributed by atoms with Crippen LogP contribution >= 0.6 is 12.4 Å². The molecule has 5 N–H and O–H groups in total. The summed E-state index contributed by atoms with van der Waals surface area (Å²) in [6, 6.07) is 15.2. The van der Waals surface area contributed by atoms with Crippen LogP contribution in [0.15, 0.2) is 59.5 Å². The molecule has 11 heteroatoms. The third-order valence-corrected chi connectivity index (χ3v) is 6.87. The average molecular weight is 536 g/mol. The Morgan fingerprint density at radius 1 is 1.13 bits per heavy atom. The fraction of sp³-hybridized carbons (Fsp3) is 0.259. The lowest BCUT2D eigenvalue weighted by molar-refractivity contribution is 0.1000. The molecular formula is C27H30ClN7O3. The van der Waals surface area contributed by atoms with E-state index < -0.39 is 11.3 Å². The van der Waals surface area contributed by atoms with Crippen LogP contribution in [0.25, 0.3) is 16.7 Å². The van der Waals surface area contributed by atoms with Crippen molar-refractivity contribution >= 4 is 46.8 Å². The van der Waals surface area contributed by atoms with Crippen molar-refractivity contribution in [1.82, 2.24) is 19.4 Å². The predicted molar refractivity (Wildman–Crippen MR) is 151 cm³/mol. The van der Waals surface area contributed by atoms with Gasteiger partial charge in [-0.05, 0) is 68.7 Å². The van der Waals surface area contributed by atoms with Crippen molar-refractivity contribution in [2.75, 3.05) is 38.3 Å². The van der Waals surface area contributed by atoms with E-state index in [9.17, 15) is 9.59 Å². The summed E-state index contributed by atoms with van der Waals surface area (Å²) >= 11 is 0. The van der Waals surface area contributed by atoms with E-state index in [0.717, 1.165) is 25.9 Å². The number of benzene rings is 2. The Balaban J connectivity index is 0.00000336. The Morgan fingerprint density at radius 2 is 1.84 bits per heavy atom. The van der Waals surface area contributed by atoms with Crippen LogP contribution in [0.4, 0.5) is 17.5 Å². The standard InChI is InChI=1S/C27H29N7O3.ClH/c1-33-12-10-16(11-13-33)17-8-9-20(21(14-17)37-2)31-27-30-15-19-23(35)22(25(29)36)24(28)34(26(19)32-27)18-6-4-3-5-7-18;/h3-9,14-16H,10-13,28H2,1-2H3,(H2,29,36)(H,30,31,32);1H. The zero-order chi connectivity index (χ0) is 26.1. The number of carbonyl (C=O) groups excluding carboxylic acids is 1. The van der Waals surface area contributed by atoms with Crippen LogP contribution in [-0.2, 0) is 0 Å². The molecule has 198 valence electrons. The van der Waals surface area contributed by atoms with Crippen LogP contribution in [0.1, 0.15) is 34.7 Å². The zero-order valence-corrected chi connectivity index (χ0v) is 22.0. The number of fused-ring (bicyclic) bond motifs is 1. The molecule has 0 radical (unpaired) electrons. The number of pyridine rings is 1. The van der Waals surface area contributed by atoms with Crippen LogP contribution in [0.2, 0.25) is 0 Å². The van der Waals surface area contributed by atoms with E-state index in [-0.39, 0.29) is 40.8 Å². The summed E-state index contributed by atoms with van der Waals surface area (Å²) in [5.41, 5.74) is 13.7. The van der Waals surface area contributed by atoms with Crippen LogP contribution < -0.4 is 26.9 Å². The second-order valence-corrected chi connectivity index (χ2v) is 9.22. The van der Waals surface area contributed by atoms with Crippen molar-refractivity contribution in [3.63, 3.8) is 0 Å². The molecule has 1 fully saturated rings. The van der Waals surface area contributed by atoms with Gasteiger partial charge in [0.05, 0.1) is 18.2 Å². The normalized spacial score (nSPS) is 14.2. The first kappa shape index (κ1) is 26.9. The first-order chi connectivity index (χ1) is 17.9. The van der Waals surface area contributed by atoms with Crippen LogP contribution in [-0.4, -0.2) is 52.6 Å². The summed E-state index contributed by atoms with van der Waals surface area (Å²) < 4.78 is 7.21. The van der Waals surface area contributed by atoms with Gasteiger partial charge in [-0.3, -0.25) is 14.2 Å². The summed E-state index contributed by atoms with van der Waals surface area (Å²) in [7, 11) is 3.77. The van der Waals surface area contributed by atoms with Gasteiger partial charge in [0.2, 0.25) is 11.4 Å². The van der Waals surface area contributed by atoms with Crippen molar-refractivity contribution in [3.8, 4) is 11.4 Å². The number of aromatic nitrogens is 3. The number of rotatable bonds is 6. The van der Waals surface area contributed by atoms with E-state index in [1.54, 1.807) is 19.2 Å². The maximum absolute atomic E-state index is 13.0. The van der Waals surface area contributed by atoms with Gasteiger partial charge in [0.15, 0.2) is 5.65 Å². The summed E-state index contributed by atoms with van der Waals surface area (Å²) in [5, 5.41) is 3.33. The van der Waals surface area contributed by atoms with Crippen molar-refractivity contribution in [2.24, 2.45) is 5.73 Å². The van der Waals surface area contributed by atoms with Gasteiger partial charge in [-0.25, -0.2) is 4.98 Å². The van der Waals surface area contributed by atoms with E-state index in [1.165, 1.54) is 16.3 Å². The molecule has 1 amide bonds. The lowest BCUT2D eigenvalue weighted by atomic mass is 9.89. The number of nitrogen functional groups attached to an aromatic ring is 1. The molecule has 38 heavy (non-hydrogen) atoms. The number of para-hydroxylation sites is 1. The number of hydrogen-bond donors (Lipinski definition) is 3. The highest BCUT2D eigenvalue weighted by Gasteiger charge is 2.22. The first-order valence-electron chi connectivity index (χ1n) is 12.1. The molecule has 0 atom stereocenters. The Kier molecular flexibility index (Phi) is 7.84. The van der Waals surface area contributed by atoms with E-state index in [0.29, 0.717) is 23.0 Å². The van der Waals surface area contributed by atoms with Gasteiger partial charge in [0, 0.05) is 11.9 Å². The highest BCUT2D eigenvalue weighted by atomic mass is 35.5. The molecule has 10 nitrogen and oxygen atoms in total. The Labute approximate surface area is 226 Å². The number of amides is 1. The van der Waals surface area contributed by atoms with Gasteiger partial charge >= 0.3 is 0 Å². The monoisotopic (exact) mass is 535 g/mol. The molecule has 2 aromatic heterocycles. The highest BCUT2D eigenvalue weighted by molar-refractivity contribution is 6.01. The van der Waals surface area contributed by atoms with Gasteiger partial charge in [0.25, 0.3) is 5.91 Å². The Bertz CT molecular complexity index is 1530. The number of nitrogens with one attached hydrogen (secondary N) is 1. The summed E-state index contributed by atoms with van der Waals surface area (Å²) in [5.74, 6) is 0.405. The molecule has 0 bridgehead atoms. The maximum atomic E-state index is 13.0. The number of piperidine rings is 1. The number of halogens is 1. The number of nitrogens with zero attached hydrogens (tertiary/aromatic N) is 4. The third kappa shape index (κ3) is 5.00. The molecule has 0 saturated carbocycles. The molecule has 3 heterocycles. The molecule has 0 spiro atoms. The number of likely N-dealkylation sites (tertiary alicyclic amines) is 1. The van der Waals surface area contributed by atoms with E-state index in [1.807, 2.05) is 24.3 Å². The SMILES string of the molecule is COc1cc(C2CCN(C)CC2)ccc1Nc1ncc2c(=O)c(C(N)=O)c(N)n(-c3ccccc3)c2n1.Cl. The molecule has 2 aromatic carbocycles. The molecule has 0 unspecified atom stereocenters. The molecule has 5 rings (SSSR count). The minimum Gasteiger partial charge on any atom is -0.495 e. The first-order valence-corrected chi connectivity index (χ1v) is 12.1. The zero-order valence-electron chi connectivity index (χ0n) is 21.2. The van der Waals surface area contributed by atoms with Crippen molar-refractivity contribution < 1.29 is 9.53 Å². The van der Waals surface area contributed by atoms with Gasteiger partial charge in [-0.2, -0.15) is 4.98 Å². The molecule has 1 saturated heterocycles. The smallest absolute Gasteiger partial charge is 0.256 e. The summed E-state index contributed by atoms with van der Waals surface area (Å²) in [6.45, 7) is 2.14. The number of ether oxygens (including phenoxy) is 1. The van der Waals surface area contributed by atoms with Gasteiger partial charge in [-0.15, -0.1) is 12.4 Å². The second kappa shape index (κ2) is 11.1. The number of methoxy groups -OCH3 is 1. The molecule has 1 aliphatic heterocycles. The average Bonchev–Trinajstić information content (AvgIpc) is 2.90. The quantitative estimate of drug-likeness (QED) is 0.341. The molecule has 0 aliphatic carbocycles. The Morgan fingerprint density at radius 3 is 2.50 bits per heavy atom. The van der Waals surface area contributed by atoms with Gasteiger partial charge in [0.1, 0.15) is 17.1 Å². The van der Waals surface area contributed by atoms with Crippen LogP contribution in [0.3, 0.4) is 0 Å². The lowest BCUT2D eigenvalue weighted by Gasteiger charge is -2.29. The molecular weight excluding hydrogens is 506 g/mol. The Hall–Kier alpha value is -4.15. The maximum Gasteiger partial charge on any atom is 0.256 e. The summed E-state index contributed by atoms with van der Waals surface area (Å²) in [6.07, 6.45) is 3.58. The summed E-state index contributed by atoms with van der Waals surface area (Å²) in [4.78, 5) is 36.4. The minimum absolute atomic E-state index is 0. The highest BCUT2D eigenvalue weighted by Crippen LogP contribution is 2.34. The van der Waals surface area contributed by atoms with Crippen molar-refractivity contribution in [1.29, 1.82) is 0 Å². The van der Waals surface area contributed by atoms with Crippen molar-refractivity contribution in [3.05, 3.63) is 76.1 Å².